The summed E-state index contributed by atoms with van der Waals surface area (Å²) in [5.41, 5.74) is 3.05. The number of carbonyl (C=O) groups is 1. The number of esters is 1. The molecule has 0 N–H and O–H groups in total. The van der Waals surface area contributed by atoms with Crippen LogP contribution >= 0.6 is 0 Å². The Kier molecular flexibility index (Phi) is 6.87. The van der Waals surface area contributed by atoms with Crippen molar-refractivity contribution in [2.24, 2.45) is 0 Å². The average molecular weight is 453 g/mol. The van der Waals surface area contributed by atoms with Gasteiger partial charge in [0, 0.05) is 5.56 Å². The average Bonchev–Trinajstić information content (AvgIpc) is 2.82. The summed E-state index contributed by atoms with van der Waals surface area (Å²) in [5, 5.41) is 0. The molecule has 0 heterocycles. The number of ether oxygens (including phenoxy) is 1. The second-order valence-electron chi connectivity index (χ2n) is 8.74. The van der Waals surface area contributed by atoms with Gasteiger partial charge in [0.05, 0.1) is 5.56 Å². The van der Waals surface area contributed by atoms with Crippen LogP contribution in [0.3, 0.4) is 0 Å². The van der Waals surface area contributed by atoms with E-state index in [1.807, 2.05) is 26.0 Å². The normalized spacial score (nSPS) is 18.2. The molecule has 172 valence electrons. The lowest BCUT2D eigenvalue weighted by Gasteiger charge is -2.29. The molecule has 5 heteroatoms. The lowest BCUT2D eigenvalue weighted by Crippen LogP contribution is -2.24. The van der Waals surface area contributed by atoms with Gasteiger partial charge < -0.3 is 4.74 Å². The van der Waals surface area contributed by atoms with Crippen molar-refractivity contribution in [2.75, 3.05) is 0 Å². The smallest absolute Gasteiger partial charge is 0.338 e. The molecular formula is C28H27F3O2. The highest BCUT2D eigenvalue weighted by molar-refractivity contribution is 5.89. The molecule has 3 aromatic carbocycles. The summed E-state index contributed by atoms with van der Waals surface area (Å²) in [6, 6.07) is 15.0. The zero-order valence-electron chi connectivity index (χ0n) is 18.8. The maximum Gasteiger partial charge on any atom is 0.338 e. The summed E-state index contributed by atoms with van der Waals surface area (Å²) in [6.07, 6.45) is 2.50. The molecule has 1 fully saturated rings. The summed E-state index contributed by atoms with van der Waals surface area (Å²) in [4.78, 5) is 12.4. The van der Waals surface area contributed by atoms with Gasteiger partial charge in [0.25, 0.3) is 0 Å². The standard InChI is InChI=1S/C28H27F3O2/c1-3-18-8-9-21(16-25(18)29)28(32)33-22-12-10-20(11-13-22)24-15-14-23(26(30)27(24)31)19-6-4-17(2)5-7-19/h4-9,14-16,20,22H,3,10-13H2,1-2H3. The fraction of sp³-hybridized carbons (Fsp3) is 0.321. The molecule has 4 rings (SSSR count). The molecular weight excluding hydrogens is 425 g/mol. The number of carbonyl (C=O) groups excluding carboxylic acids is 1. The molecule has 0 bridgehead atoms. The summed E-state index contributed by atoms with van der Waals surface area (Å²) < 4.78 is 49.3. The van der Waals surface area contributed by atoms with Gasteiger partial charge in [-0.3, -0.25) is 0 Å². The van der Waals surface area contributed by atoms with E-state index in [9.17, 15) is 18.0 Å². The maximum absolute atomic E-state index is 14.9. The van der Waals surface area contributed by atoms with E-state index in [2.05, 4.69) is 0 Å². The van der Waals surface area contributed by atoms with Crippen LogP contribution in [0.25, 0.3) is 11.1 Å². The highest BCUT2D eigenvalue weighted by atomic mass is 19.2. The van der Waals surface area contributed by atoms with Crippen LogP contribution in [0.15, 0.2) is 54.6 Å². The molecule has 0 amide bonds. The third-order valence-corrected chi connectivity index (χ3v) is 6.53. The van der Waals surface area contributed by atoms with Gasteiger partial charge in [-0.05, 0) is 73.8 Å². The first kappa shape index (κ1) is 23.1. The van der Waals surface area contributed by atoms with E-state index in [0.717, 1.165) is 5.56 Å². The number of hydrogen-bond donors (Lipinski definition) is 0. The van der Waals surface area contributed by atoms with Crippen molar-refractivity contribution in [3.05, 3.63) is 94.3 Å². The highest BCUT2D eigenvalue weighted by Crippen LogP contribution is 2.38. The van der Waals surface area contributed by atoms with Gasteiger partial charge >= 0.3 is 5.97 Å². The molecule has 0 unspecified atom stereocenters. The number of aryl methyl sites for hydroxylation is 2. The van der Waals surface area contributed by atoms with Crippen LogP contribution in [0.1, 0.15) is 65.6 Å². The van der Waals surface area contributed by atoms with Crippen LogP contribution in [0, 0.1) is 24.4 Å². The van der Waals surface area contributed by atoms with E-state index in [0.29, 0.717) is 48.8 Å². The summed E-state index contributed by atoms with van der Waals surface area (Å²) in [7, 11) is 0. The highest BCUT2D eigenvalue weighted by Gasteiger charge is 2.28. The van der Waals surface area contributed by atoms with Gasteiger partial charge in [0.2, 0.25) is 0 Å². The zero-order chi connectivity index (χ0) is 23.5. The van der Waals surface area contributed by atoms with Crippen molar-refractivity contribution in [3.8, 4) is 11.1 Å². The Morgan fingerprint density at radius 2 is 1.61 bits per heavy atom. The van der Waals surface area contributed by atoms with Crippen molar-refractivity contribution in [1.29, 1.82) is 0 Å². The van der Waals surface area contributed by atoms with Crippen LogP contribution < -0.4 is 0 Å². The molecule has 0 aliphatic heterocycles. The first-order valence-corrected chi connectivity index (χ1v) is 11.4. The van der Waals surface area contributed by atoms with Crippen molar-refractivity contribution in [1.82, 2.24) is 0 Å². The van der Waals surface area contributed by atoms with Gasteiger partial charge in [-0.25, -0.2) is 18.0 Å². The van der Waals surface area contributed by atoms with Gasteiger partial charge in [-0.2, -0.15) is 0 Å². The Balaban J connectivity index is 1.40. The second-order valence-corrected chi connectivity index (χ2v) is 8.74. The minimum absolute atomic E-state index is 0.136. The molecule has 0 saturated heterocycles. The molecule has 1 aliphatic rings. The van der Waals surface area contributed by atoms with Crippen LogP contribution in [-0.4, -0.2) is 12.1 Å². The lowest BCUT2D eigenvalue weighted by atomic mass is 9.82. The fourth-order valence-corrected chi connectivity index (χ4v) is 4.51. The van der Waals surface area contributed by atoms with Crippen LogP contribution in [0.4, 0.5) is 13.2 Å². The Morgan fingerprint density at radius 3 is 2.24 bits per heavy atom. The van der Waals surface area contributed by atoms with Gasteiger partial charge in [0.15, 0.2) is 11.6 Å². The molecule has 2 nitrogen and oxygen atoms in total. The largest absolute Gasteiger partial charge is 0.459 e. The first-order valence-electron chi connectivity index (χ1n) is 11.4. The van der Waals surface area contributed by atoms with Crippen molar-refractivity contribution in [3.63, 3.8) is 0 Å². The molecule has 0 spiro atoms. The van der Waals surface area contributed by atoms with E-state index < -0.39 is 23.4 Å². The molecule has 0 radical (unpaired) electrons. The van der Waals surface area contributed by atoms with Crippen molar-refractivity contribution < 1.29 is 22.7 Å². The number of rotatable bonds is 5. The van der Waals surface area contributed by atoms with Gasteiger partial charge in [-0.1, -0.05) is 55.0 Å². The lowest BCUT2D eigenvalue weighted by molar-refractivity contribution is 0.0193. The monoisotopic (exact) mass is 452 g/mol. The molecule has 3 aromatic rings. The predicted octanol–water partition coefficient (Wildman–Crippen LogP) is 7.52. The topological polar surface area (TPSA) is 26.3 Å². The van der Waals surface area contributed by atoms with E-state index in [4.69, 9.17) is 4.74 Å². The number of halogens is 3. The van der Waals surface area contributed by atoms with Crippen molar-refractivity contribution in [2.45, 2.75) is 58.0 Å². The molecule has 0 aromatic heterocycles. The summed E-state index contributed by atoms with van der Waals surface area (Å²) in [5.74, 6) is -2.74. The van der Waals surface area contributed by atoms with Crippen LogP contribution in [0.5, 0.6) is 0 Å². The minimum Gasteiger partial charge on any atom is -0.459 e. The van der Waals surface area contributed by atoms with Gasteiger partial charge in [0.1, 0.15) is 11.9 Å². The quantitative estimate of drug-likeness (QED) is 0.374. The molecule has 33 heavy (non-hydrogen) atoms. The van der Waals surface area contributed by atoms with Crippen LogP contribution in [0.2, 0.25) is 0 Å². The summed E-state index contributed by atoms with van der Waals surface area (Å²) >= 11 is 0. The molecule has 1 aliphatic carbocycles. The Labute approximate surface area is 192 Å². The van der Waals surface area contributed by atoms with Crippen molar-refractivity contribution >= 4 is 5.97 Å². The van der Waals surface area contributed by atoms with E-state index >= 15 is 0 Å². The Hall–Kier alpha value is -3.08. The second kappa shape index (κ2) is 9.82. The Bertz CT molecular complexity index is 1150. The van der Waals surface area contributed by atoms with E-state index in [1.54, 1.807) is 36.4 Å². The fourth-order valence-electron chi connectivity index (χ4n) is 4.51. The van der Waals surface area contributed by atoms with Crippen LogP contribution in [-0.2, 0) is 11.2 Å². The van der Waals surface area contributed by atoms with Gasteiger partial charge in [-0.15, -0.1) is 0 Å². The number of benzene rings is 3. The zero-order valence-corrected chi connectivity index (χ0v) is 18.8. The first-order chi connectivity index (χ1) is 15.9. The summed E-state index contributed by atoms with van der Waals surface area (Å²) in [6.45, 7) is 3.79. The Morgan fingerprint density at radius 1 is 0.909 bits per heavy atom. The third-order valence-electron chi connectivity index (χ3n) is 6.53. The van der Waals surface area contributed by atoms with E-state index in [1.165, 1.54) is 6.07 Å². The van der Waals surface area contributed by atoms with E-state index in [-0.39, 0.29) is 23.1 Å². The molecule has 0 atom stereocenters. The maximum atomic E-state index is 14.9. The number of hydrogen-bond acceptors (Lipinski definition) is 2. The minimum atomic E-state index is -0.831. The molecule has 1 saturated carbocycles. The SMILES string of the molecule is CCc1ccc(C(=O)OC2CCC(c3ccc(-c4ccc(C)cc4)c(F)c3F)CC2)cc1F. The predicted molar refractivity (Wildman–Crippen MR) is 123 cm³/mol. The third kappa shape index (κ3) is 4.97.